The van der Waals surface area contributed by atoms with Crippen LogP contribution in [0.15, 0.2) is 30.3 Å². The van der Waals surface area contributed by atoms with Crippen LogP contribution >= 0.6 is 0 Å². The van der Waals surface area contributed by atoms with E-state index >= 15 is 0 Å². The lowest BCUT2D eigenvalue weighted by Gasteiger charge is -2.26. The molecule has 0 spiro atoms. The highest BCUT2D eigenvalue weighted by Gasteiger charge is 2.32. The van der Waals surface area contributed by atoms with Crippen LogP contribution in [0.25, 0.3) is 0 Å². The van der Waals surface area contributed by atoms with Gasteiger partial charge in [0.25, 0.3) is 0 Å². The number of nitrogens with one attached hydrogen (secondary N) is 3. The average Bonchev–Trinajstić information content (AvgIpc) is 2.69. The molecule has 0 saturated heterocycles. The van der Waals surface area contributed by atoms with Crippen molar-refractivity contribution in [3.63, 3.8) is 0 Å². The molecule has 178 valence electrons. The van der Waals surface area contributed by atoms with Gasteiger partial charge < -0.3 is 30.5 Å². The summed E-state index contributed by atoms with van der Waals surface area (Å²) in [6, 6.07) is 5.53. The third kappa shape index (κ3) is 9.34. The van der Waals surface area contributed by atoms with Crippen LogP contribution in [0.3, 0.4) is 0 Å². The van der Waals surface area contributed by atoms with Gasteiger partial charge in [0, 0.05) is 6.42 Å². The van der Waals surface area contributed by atoms with Gasteiger partial charge in [0.15, 0.2) is 0 Å². The molecular weight excluding hydrogens is 418 g/mol. The smallest absolute Gasteiger partial charge is 0.408 e. The molecule has 10 nitrogen and oxygen atoms in total. The van der Waals surface area contributed by atoms with E-state index in [4.69, 9.17) is 4.74 Å². The van der Waals surface area contributed by atoms with Crippen molar-refractivity contribution in [2.24, 2.45) is 0 Å². The number of benzene rings is 1. The van der Waals surface area contributed by atoms with E-state index in [2.05, 4.69) is 20.7 Å². The minimum absolute atomic E-state index is 0.124. The Kier molecular flexibility index (Phi) is 10.1. The number of carbonyl (C=O) groups is 4. The van der Waals surface area contributed by atoms with Crippen molar-refractivity contribution in [3.8, 4) is 0 Å². The molecule has 4 atom stereocenters. The molecule has 1 rings (SSSR count). The molecule has 0 unspecified atom stereocenters. The van der Waals surface area contributed by atoms with Crippen LogP contribution in [-0.2, 0) is 30.3 Å². The quantitative estimate of drug-likeness (QED) is 0.404. The van der Waals surface area contributed by atoms with Crippen LogP contribution < -0.4 is 16.0 Å². The first kappa shape index (κ1) is 26.9. The van der Waals surface area contributed by atoms with E-state index in [1.165, 1.54) is 21.0 Å². The summed E-state index contributed by atoms with van der Waals surface area (Å²) in [5.74, 6) is -2.16. The van der Waals surface area contributed by atoms with E-state index < -0.39 is 53.7 Å². The van der Waals surface area contributed by atoms with Gasteiger partial charge in [-0.15, -0.1) is 0 Å². The highest BCUT2D eigenvalue weighted by Crippen LogP contribution is 2.09. The number of esters is 1. The number of amides is 3. The lowest BCUT2D eigenvalue weighted by molar-refractivity contribution is -0.145. The summed E-state index contributed by atoms with van der Waals surface area (Å²) in [4.78, 5) is 49.4. The molecule has 0 aromatic heterocycles. The van der Waals surface area contributed by atoms with Crippen molar-refractivity contribution in [1.29, 1.82) is 0 Å². The third-order valence-electron chi connectivity index (χ3n) is 4.27. The Balaban J connectivity index is 3.00. The average molecular weight is 452 g/mol. The maximum Gasteiger partial charge on any atom is 0.408 e. The number of methoxy groups -OCH3 is 1. The highest BCUT2D eigenvalue weighted by atomic mass is 16.6. The second kappa shape index (κ2) is 12.0. The van der Waals surface area contributed by atoms with Gasteiger partial charge in [-0.3, -0.25) is 9.59 Å². The third-order valence-corrected chi connectivity index (χ3v) is 4.27. The van der Waals surface area contributed by atoms with Gasteiger partial charge in [0.1, 0.15) is 23.7 Å². The summed E-state index contributed by atoms with van der Waals surface area (Å²) in [6.07, 6.45) is -1.95. The topological polar surface area (TPSA) is 143 Å². The first-order chi connectivity index (χ1) is 14.8. The normalized spacial score (nSPS) is 14.8. The van der Waals surface area contributed by atoms with E-state index in [-0.39, 0.29) is 6.42 Å². The number of alkyl carbamates (subject to hydrolysis) is 1. The first-order valence-corrected chi connectivity index (χ1v) is 10.2. The fourth-order valence-corrected chi connectivity index (χ4v) is 2.71. The Bertz CT molecular complexity index is 790. The van der Waals surface area contributed by atoms with E-state index in [1.807, 2.05) is 6.07 Å². The van der Waals surface area contributed by atoms with Crippen LogP contribution in [0.1, 0.15) is 40.2 Å². The number of hydrogen-bond donors (Lipinski definition) is 4. The Labute approximate surface area is 188 Å². The molecule has 0 bridgehead atoms. The van der Waals surface area contributed by atoms with Crippen molar-refractivity contribution in [3.05, 3.63) is 35.9 Å². The second-order valence-corrected chi connectivity index (χ2v) is 8.37. The molecule has 4 N–H and O–H groups in total. The lowest BCUT2D eigenvalue weighted by atomic mass is 10.0. The molecular formula is C22H33N3O7. The van der Waals surface area contributed by atoms with Crippen molar-refractivity contribution < 1.29 is 33.8 Å². The predicted octanol–water partition coefficient (Wildman–Crippen LogP) is 0.666. The van der Waals surface area contributed by atoms with Gasteiger partial charge in [-0.1, -0.05) is 30.3 Å². The van der Waals surface area contributed by atoms with Gasteiger partial charge in [-0.2, -0.15) is 0 Å². The summed E-state index contributed by atoms with van der Waals surface area (Å²) >= 11 is 0. The molecule has 0 aliphatic rings. The lowest BCUT2D eigenvalue weighted by Crippen LogP contribution is -2.59. The van der Waals surface area contributed by atoms with E-state index in [0.717, 1.165) is 5.56 Å². The van der Waals surface area contributed by atoms with E-state index in [9.17, 15) is 24.3 Å². The molecule has 1 aromatic carbocycles. The van der Waals surface area contributed by atoms with Crippen LogP contribution in [-0.4, -0.2) is 65.9 Å². The standard InChI is InChI=1S/C22H33N3O7/c1-13(20(29)31-6)23-19(28)17(14(2)26)25-18(27)16(12-15-10-8-7-9-11-15)24-21(30)32-22(3,4)5/h7-11,13-14,16-17,26H,12H2,1-6H3,(H,23,28)(H,24,30)(H,25,27)/t13-,14-,16-,17-/m0/s1. The number of ether oxygens (including phenoxy) is 2. The minimum Gasteiger partial charge on any atom is -0.467 e. The van der Waals surface area contributed by atoms with Gasteiger partial charge in [0.2, 0.25) is 11.8 Å². The fourth-order valence-electron chi connectivity index (χ4n) is 2.71. The molecule has 32 heavy (non-hydrogen) atoms. The largest absolute Gasteiger partial charge is 0.467 e. The zero-order chi connectivity index (χ0) is 24.5. The minimum atomic E-state index is -1.37. The fraction of sp³-hybridized carbons (Fsp3) is 0.545. The second-order valence-electron chi connectivity index (χ2n) is 8.37. The van der Waals surface area contributed by atoms with Crippen LogP contribution in [0, 0.1) is 0 Å². The molecule has 0 fully saturated rings. The Hall–Kier alpha value is -3.14. The number of hydrogen-bond acceptors (Lipinski definition) is 7. The van der Waals surface area contributed by atoms with Crippen molar-refractivity contribution in [2.45, 2.75) is 70.9 Å². The molecule has 0 radical (unpaired) electrons. The van der Waals surface area contributed by atoms with Crippen LogP contribution in [0.5, 0.6) is 0 Å². The summed E-state index contributed by atoms with van der Waals surface area (Å²) in [7, 11) is 1.18. The molecule has 0 heterocycles. The van der Waals surface area contributed by atoms with Crippen molar-refractivity contribution >= 4 is 23.9 Å². The summed E-state index contributed by atoms with van der Waals surface area (Å²) in [5, 5.41) is 17.4. The monoisotopic (exact) mass is 451 g/mol. The van der Waals surface area contributed by atoms with E-state index in [0.29, 0.717) is 0 Å². The SMILES string of the molecule is COC(=O)[C@H](C)NC(=O)[C@@H](NC(=O)[C@H](Cc1ccccc1)NC(=O)OC(C)(C)C)[C@H](C)O. The first-order valence-electron chi connectivity index (χ1n) is 10.2. The number of rotatable bonds is 9. The van der Waals surface area contributed by atoms with Gasteiger partial charge in [0.05, 0.1) is 13.2 Å². The molecule has 10 heteroatoms. The molecule has 0 saturated carbocycles. The highest BCUT2D eigenvalue weighted by molar-refractivity contribution is 5.93. The number of aliphatic hydroxyl groups excluding tert-OH is 1. The Morgan fingerprint density at radius 2 is 1.56 bits per heavy atom. The number of aliphatic hydroxyl groups is 1. The van der Waals surface area contributed by atoms with E-state index in [1.54, 1.807) is 45.0 Å². The Morgan fingerprint density at radius 1 is 0.969 bits per heavy atom. The zero-order valence-electron chi connectivity index (χ0n) is 19.3. The van der Waals surface area contributed by atoms with Crippen molar-refractivity contribution in [2.75, 3.05) is 7.11 Å². The predicted molar refractivity (Wildman–Crippen MR) is 117 cm³/mol. The molecule has 1 aromatic rings. The molecule has 0 aliphatic heterocycles. The maximum absolute atomic E-state index is 13.0. The van der Waals surface area contributed by atoms with Gasteiger partial charge in [-0.05, 0) is 40.2 Å². The molecule has 0 aliphatic carbocycles. The zero-order valence-corrected chi connectivity index (χ0v) is 19.3. The summed E-state index contributed by atoms with van der Waals surface area (Å²) in [6.45, 7) is 7.80. The van der Waals surface area contributed by atoms with Gasteiger partial charge >= 0.3 is 12.1 Å². The molecule has 3 amide bonds. The summed E-state index contributed by atoms with van der Waals surface area (Å²) in [5.41, 5.74) is -0.00901. The van der Waals surface area contributed by atoms with Crippen LogP contribution in [0.2, 0.25) is 0 Å². The van der Waals surface area contributed by atoms with Crippen molar-refractivity contribution in [1.82, 2.24) is 16.0 Å². The number of carbonyl (C=O) groups excluding carboxylic acids is 4. The maximum atomic E-state index is 13.0. The van der Waals surface area contributed by atoms with Crippen LogP contribution in [0.4, 0.5) is 4.79 Å². The Morgan fingerprint density at radius 3 is 2.06 bits per heavy atom. The van der Waals surface area contributed by atoms with Gasteiger partial charge in [-0.25, -0.2) is 9.59 Å². The summed E-state index contributed by atoms with van der Waals surface area (Å²) < 4.78 is 9.79.